The minimum atomic E-state index is -0.166. The Kier molecular flexibility index (Phi) is 3.18. The van der Waals surface area contributed by atoms with Gasteiger partial charge in [0, 0.05) is 25.0 Å². The van der Waals surface area contributed by atoms with E-state index < -0.39 is 0 Å². The monoisotopic (exact) mass is 270 g/mol. The first-order valence-corrected chi connectivity index (χ1v) is 6.83. The lowest BCUT2D eigenvalue weighted by Gasteiger charge is -2.14. The summed E-state index contributed by atoms with van der Waals surface area (Å²) in [6, 6.07) is 5.97. The van der Waals surface area contributed by atoms with E-state index in [9.17, 15) is 4.79 Å². The Morgan fingerprint density at radius 2 is 2.25 bits per heavy atom. The minimum Gasteiger partial charge on any atom is -0.356 e. The van der Waals surface area contributed by atoms with Gasteiger partial charge in [0.1, 0.15) is 5.69 Å². The molecule has 1 amide bonds. The van der Waals surface area contributed by atoms with Gasteiger partial charge in [-0.15, -0.1) is 0 Å². The fourth-order valence-electron chi connectivity index (χ4n) is 2.43. The molecule has 0 saturated carbocycles. The van der Waals surface area contributed by atoms with Gasteiger partial charge in [0.15, 0.2) is 0 Å². The second kappa shape index (κ2) is 5.00. The van der Waals surface area contributed by atoms with Crippen molar-refractivity contribution < 1.29 is 4.79 Å². The van der Waals surface area contributed by atoms with Crippen LogP contribution in [-0.4, -0.2) is 22.0 Å². The van der Waals surface area contributed by atoms with Gasteiger partial charge >= 0.3 is 0 Å². The number of hydrogen-bond acceptors (Lipinski definition) is 3. The third kappa shape index (κ3) is 2.39. The van der Waals surface area contributed by atoms with E-state index in [-0.39, 0.29) is 5.91 Å². The molecule has 20 heavy (non-hydrogen) atoms. The van der Waals surface area contributed by atoms with Crippen molar-refractivity contribution >= 4 is 17.5 Å². The Labute approximate surface area is 118 Å². The molecule has 0 unspecified atom stereocenters. The van der Waals surface area contributed by atoms with E-state index in [1.165, 1.54) is 5.56 Å². The third-order valence-electron chi connectivity index (χ3n) is 3.50. The van der Waals surface area contributed by atoms with Crippen LogP contribution >= 0.6 is 0 Å². The van der Waals surface area contributed by atoms with Crippen molar-refractivity contribution in [3.63, 3.8) is 0 Å². The molecule has 2 aromatic rings. The van der Waals surface area contributed by atoms with Crippen LogP contribution in [-0.2, 0) is 6.54 Å². The number of aryl methyl sites for hydroxylation is 3. The van der Waals surface area contributed by atoms with Crippen LogP contribution in [0.1, 0.15) is 28.0 Å². The van der Waals surface area contributed by atoms with E-state index in [0.717, 1.165) is 36.7 Å². The molecule has 0 spiro atoms. The number of anilines is 2. The first-order valence-electron chi connectivity index (χ1n) is 6.83. The zero-order chi connectivity index (χ0) is 14.1. The SMILES string of the molecule is Cc1ccc(NC(=O)c2cn3c(n2)NCCC3)c(C)c1. The number of carbonyl (C=O) groups excluding carboxylic acids is 1. The average molecular weight is 270 g/mol. The summed E-state index contributed by atoms with van der Waals surface area (Å²) in [5.74, 6) is 0.614. The summed E-state index contributed by atoms with van der Waals surface area (Å²) in [5.41, 5.74) is 3.52. The smallest absolute Gasteiger partial charge is 0.275 e. The maximum atomic E-state index is 12.3. The minimum absolute atomic E-state index is 0.166. The Balaban J connectivity index is 1.80. The van der Waals surface area contributed by atoms with Crippen molar-refractivity contribution in [1.82, 2.24) is 9.55 Å². The highest BCUT2D eigenvalue weighted by molar-refractivity contribution is 6.03. The van der Waals surface area contributed by atoms with Gasteiger partial charge in [-0.3, -0.25) is 4.79 Å². The quantitative estimate of drug-likeness (QED) is 0.881. The first-order chi connectivity index (χ1) is 9.63. The van der Waals surface area contributed by atoms with Crippen LogP contribution in [0.25, 0.3) is 0 Å². The van der Waals surface area contributed by atoms with Gasteiger partial charge in [-0.05, 0) is 31.9 Å². The summed E-state index contributed by atoms with van der Waals surface area (Å²) in [5, 5.41) is 6.11. The summed E-state index contributed by atoms with van der Waals surface area (Å²) in [4.78, 5) is 16.6. The number of nitrogens with one attached hydrogen (secondary N) is 2. The number of carbonyl (C=O) groups is 1. The van der Waals surface area contributed by atoms with Crippen LogP contribution in [0.2, 0.25) is 0 Å². The normalized spacial score (nSPS) is 13.5. The second-order valence-electron chi connectivity index (χ2n) is 5.20. The van der Waals surface area contributed by atoms with E-state index in [1.54, 1.807) is 6.20 Å². The maximum absolute atomic E-state index is 12.3. The predicted molar refractivity (Wildman–Crippen MR) is 79.2 cm³/mol. The van der Waals surface area contributed by atoms with Crippen molar-refractivity contribution in [2.75, 3.05) is 17.2 Å². The van der Waals surface area contributed by atoms with Crippen molar-refractivity contribution in [3.8, 4) is 0 Å². The molecular weight excluding hydrogens is 252 g/mol. The third-order valence-corrected chi connectivity index (χ3v) is 3.50. The zero-order valence-electron chi connectivity index (χ0n) is 11.7. The van der Waals surface area contributed by atoms with Gasteiger partial charge in [0.05, 0.1) is 0 Å². The number of hydrogen-bond donors (Lipinski definition) is 2. The van der Waals surface area contributed by atoms with Crippen LogP contribution < -0.4 is 10.6 Å². The van der Waals surface area contributed by atoms with Crippen molar-refractivity contribution in [3.05, 3.63) is 41.2 Å². The van der Waals surface area contributed by atoms with Crippen LogP contribution in [0, 0.1) is 13.8 Å². The molecule has 104 valence electrons. The van der Waals surface area contributed by atoms with Crippen LogP contribution in [0.15, 0.2) is 24.4 Å². The predicted octanol–water partition coefficient (Wildman–Crippen LogP) is 2.57. The van der Waals surface area contributed by atoms with Crippen LogP contribution in [0.3, 0.4) is 0 Å². The number of imidazole rings is 1. The molecule has 0 aliphatic carbocycles. The summed E-state index contributed by atoms with van der Waals surface area (Å²) in [6.07, 6.45) is 2.86. The Bertz CT molecular complexity index is 636. The van der Waals surface area contributed by atoms with Crippen LogP contribution in [0.4, 0.5) is 11.6 Å². The molecule has 5 heteroatoms. The highest BCUT2D eigenvalue weighted by atomic mass is 16.1. The summed E-state index contributed by atoms with van der Waals surface area (Å²) < 4.78 is 1.99. The van der Waals surface area contributed by atoms with E-state index in [4.69, 9.17) is 0 Å². The molecule has 2 N–H and O–H groups in total. The Morgan fingerprint density at radius 3 is 3.00 bits per heavy atom. The number of amides is 1. The van der Waals surface area contributed by atoms with Gasteiger partial charge in [-0.2, -0.15) is 0 Å². The molecule has 1 aromatic carbocycles. The molecule has 3 rings (SSSR count). The number of aromatic nitrogens is 2. The number of nitrogens with zero attached hydrogens (tertiary/aromatic N) is 2. The highest BCUT2D eigenvalue weighted by Gasteiger charge is 2.16. The van der Waals surface area contributed by atoms with Crippen molar-refractivity contribution in [2.45, 2.75) is 26.8 Å². The highest BCUT2D eigenvalue weighted by Crippen LogP contribution is 2.18. The van der Waals surface area contributed by atoms with Gasteiger partial charge in [-0.1, -0.05) is 17.7 Å². The molecule has 2 heterocycles. The molecule has 5 nitrogen and oxygen atoms in total. The zero-order valence-corrected chi connectivity index (χ0v) is 11.7. The van der Waals surface area contributed by atoms with E-state index in [1.807, 2.05) is 30.5 Å². The topological polar surface area (TPSA) is 59.0 Å². The molecule has 0 atom stereocenters. The van der Waals surface area contributed by atoms with Gasteiger partial charge in [-0.25, -0.2) is 4.98 Å². The lowest BCUT2D eigenvalue weighted by Crippen LogP contribution is -2.16. The van der Waals surface area contributed by atoms with Gasteiger partial charge < -0.3 is 15.2 Å². The van der Waals surface area contributed by atoms with Crippen molar-refractivity contribution in [2.24, 2.45) is 0 Å². The van der Waals surface area contributed by atoms with E-state index in [2.05, 4.69) is 21.7 Å². The lowest BCUT2D eigenvalue weighted by atomic mass is 10.1. The molecular formula is C15H18N4O. The average Bonchev–Trinajstić information content (AvgIpc) is 2.86. The Hall–Kier alpha value is -2.30. The molecule has 1 aliphatic heterocycles. The molecule has 1 aliphatic rings. The summed E-state index contributed by atoms with van der Waals surface area (Å²) >= 11 is 0. The maximum Gasteiger partial charge on any atom is 0.275 e. The van der Waals surface area contributed by atoms with Gasteiger partial charge in [0.25, 0.3) is 5.91 Å². The largest absolute Gasteiger partial charge is 0.356 e. The Morgan fingerprint density at radius 1 is 1.40 bits per heavy atom. The number of fused-ring (bicyclic) bond motifs is 1. The molecule has 0 saturated heterocycles. The first kappa shape index (κ1) is 12.7. The van der Waals surface area contributed by atoms with Crippen molar-refractivity contribution in [1.29, 1.82) is 0 Å². The molecule has 0 bridgehead atoms. The number of rotatable bonds is 2. The fraction of sp³-hybridized carbons (Fsp3) is 0.333. The molecule has 0 fully saturated rings. The molecule has 0 radical (unpaired) electrons. The summed E-state index contributed by atoms with van der Waals surface area (Å²) in [7, 11) is 0. The number of benzene rings is 1. The van der Waals surface area contributed by atoms with Crippen LogP contribution in [0.5, 0.6) is 0 Å². The summed E-state index contributed by atoms with van der Waals surface area (Å²) in [6.45, 7) is 5.84. The fourth-order valence-corrected chi connectivity index (χ4v) is 2.43. The van der Waals surface area contributed by atoms with Gasteiger partial charge in [0.2, 0.25) is 5.95 Å². The van der Waals surface area contributed by atoms with E-state index in [0.29, 0.717) is 5.69 Å². The van der Waals surface area contributed by atoms with E-state index >= 15 is 0 Å². The molecule has 1 aromatic heterocycles. The lowest BCUT2D eigenvalue weighted by molar-refractivity contribution is 0.102. The standard InChI is InChI=1S/C15H18N4O/c1-10-4-5-12(11(2)8-10)17-14(20)13-9-19-7-3-6-16-15(19)18-13/h4-5,8-9H,3,6-7H2,1-2H3,(H,16,18)(H,17,20). The second-order valence-corrected chi connectivity index (χ2v) is 5.20.